The van der Waals surface area contributed by atoms with Crippen LogP contribution in [0.15, 0.2) is 23.3 Å². The predicted octanol–water partition coefficient (Wildman–Crippen LogP) is 4.42. The minimum absolute atomic E-state index is 0.109. The van der Waals surface area contributed by atoms with E-state index in [0.29, 0.717) is 17.6 Å². The molecule has 0 radical (unpaired) electrons. The molecule has 0 aromatic heterocycles. The van der Waals surface area contributed by atoms with Crippen LogP contribution in [-0.2, 0) is 4.79 Å². The third-order valence-electron chi connectivity index (χ3n) is 8.07. The Labute approximate surface area is 140 Å². The van der Waals surface area contributed by atoms with Gasteiger partial charge in [-0.1, -0.05) is 44.9 Å². The third kappa shape index (κ3) is 1.76. The Hall–Kier alpha value is -0.890. The first-order valence-electron chi connectivity index (χ1n) is 9.53. The first-order chi connectivity index (χ1) is 10.9. The van der Waals surface area contributed by atoms with Gasteiger partial charge >= 0.3 is 0 Å². The van der Waals surface area contributed by atoms with Crippen molar-refractivity contribution in [1.82, 2.24) is 5.32 Å². The van der Waals surface area contributed by atoms with Gasteiger partial charge in [-0.15, -0.1) is 0 Å². The van der Waals surface area contributed by atoms with Crippen molar-refractivity contribution in [2.75, 3.05) is 6.54 Å². The van der Waals surface area contributed by atoms with Gasteiger partial charge in [0, 0.05) is 17.5 Å². The molecule has 2 fully saturated rings. The summed E-state index contributed by atoms with van der Waals surface area (Å²) >= 11 is 0. The molecule has 1 spiro atoms. The molecule has 1 saturated carbocycles. The third-order valence-corrected chi connectivity index (χ3v) is 8.07. The van der Waals surface area contributed by atoms with Gasteiger partial charge in [-0.25, -0.2) is 0 Å². The number of allylic oxidation sites excluding steroid dienone is 2. The van der Waals surface area contributed by atoms with Crippen LogP contribution < -0.4 is 5.32 Å². The number of hydrogen-bond donors (Lipinski definition) is 1. The van der Waals surface area contributed by atoms with Crippen LogP contribution in [0.25, 0.3) is 0 Å². The first kappa shape index (κ1) is 15.6. The van der Waals surface area contributed by atoms with Gasteiger partial charge in [-0.3, -0.25) is 4.79 Å². The summed E-state index contributed by atoms with van der Waals surface area (Å²) in [7, 11) is 0. The average Bonchev–Trinajstić information content (AvgIpc) is 2.49. The minimum atomic E-state index is -0.109. The maximum absolute atomic E-state index is 12.6. The molecule has 2 heteroatoms. The van der Waals surface area contributed by atoms with Gasteiger partial charge < -0.3 is 5.32 Å². The number of rotatable bonds is 2. The van der Waals surface area contributed by atoms with Crippen LogP contribution in [0.4, 0.5) is 0 Å². The van der Waals surface area contributed by atoms with Gasteiger partial charge in [0.15, 0.2) is 0 Å². The number of nitrogens with one attached hydrogen (secondary N) is 1. The minimum Gasteiger partial charge on any atom is -0.306 e. The molecule has 3 aliphatic carbocycles. The second kappa shape index (κ2) is 4.81. The number of carbonyl (C=O) groups excluding carboxylic acids is 1. The molecule has 23 heavy (non-hydrogen) atoms. The van der Waals surface area contributed by atoms with E-state index in [4.69, 9.17) is 0 Å². The van der Waals surface area contributed by atoms with E-state index in [2.05, 4.69) is 38.2 Å². The summed E-state index contributed by atoms with van der Waals surface area (Å²) in [5.41, 5.74) is 3.38. The summed E-state index contributed by atoms with van der Waals surface area (Å²) in [5.74, 6) is 1.59. The molecular weight excluding hydrogens is 282 g/mol. The Kier molecular flexibility index (Phi) is 3.27. The van der Waals surface area contributed by atoms with Crippen LogP contribution in [0.1, 0.15) is 66.2 Å². The Balaban J connectivity index is 1.85. The first-order valence-corrected chi connectivity index (χ1v) is 9.53. The molecule has 0 amide bonds. The van der Waals surface area contributed by atoms with E-state index in [1.807, 2.05) is 6.92 Å². The fraction of sp³-hybridized carbons (Fsp3) is 0.762. The highest BCUT2D eigenvalue weighted by Gasteiger charge is 2.67. The topological polar surface area (TPSA) is 29.1 Å². The fourth-order valence-corrected chi connectivity index (χ4v) is 6.60. The lowest BCUT2D eigenvalue weighted by Gasteiger charge is -2.68. The van der Waals surface area contributed by atoms with Gasteiger partial charge in [0.1, 0.15) is 5.78 Å². The maximum Gasteiger partial charge on any atom is 0.137 e. The van der Waals surface area contributed by atoms with Crippen molar-refractivity contribution >= 4 is 5.78 Å². The SMILES string of the molecule is CC(=O)[C@@]12CCC[C@@]3(C)C1CC=C1C=C(C(C)C)CC[C@]13NC2. The summed E-state index contributed by atoms with van der Waals surface area (Å²) in [6, 6.07) is 0. The predicted molar refractivity (Wildman–Crippen MR) is 94.2 cm³/mol. The highest BCUT2D eigenvalue weighted by Crippen LogP contribution is 2.66. The van der Waals surface area contributed by atoms with Crippen molar-refractivity contribution < 1.29 is 4.79 Å². The summed E-state index contributed by atoms with van der Waals surface area (Å²) < 4.78 is 0. The number of Topliss-reactive ketones (excluding diaryl/α,β-unsaturated/α-hetero) is 1. The molecule has 1 saturated heterocycles. The van der Waals surface area contributed by atoms with Crippen molar-refractivity contribution in [1.29, 1.82) is 0 Å². The van der Waals surface area contributed by atoms with Gasteiger partial charge in [0.05, 0.1) is 0 Å². The van der Waals surface area contributed by atoms with Gasteiger partial charge in [-0.2, -0.15) is 0 Å². The van der Waals surface area contributed by atoms with Crippen LogP contribution in [0.5, 0.6) is 0 Å². The van der Waals surface area contributed by atoms with Gasteiger partial charge in [0.2, 0.25) is 0 Å². The van der Waals surface area contributed by atoms with Crippen LogP contribution in [-0.4, -0.2) is 17.9 Å². The molecule has 0 aromatic rings. The zero-order valence-corrected chi connectivity index (χ0v) is 15.2. The Morgan fingerprint density at radius 2 is 2.09 bits per heavy atom. The summed E-state index contributed by atoms with van der Waals surface area (Å²) in [4.78, 5) is 12.6. The summed E-state index contributed by atoms with van der Waals surface area (Å²) in [5, 5.41) is 3.96. The van der Waals surface area contributed by atoms with E-state index < -0.39 is 0 Å². The molecule has 4 atom stereocenters. The van der Waals surface area contributed by atoms with E-state index in [1.54, 1.807) is 5.57 Å². The lowest BCUT2D eigenvalue weighted by atomic mass is 9.40. The van der Waals surface area contributed by atoms with Crippen molar-refractivity contribution in [3.8, 4) is 0 Å². The second-order valence-electron chi connectivity index (χ2n) is 9.06. The summed E-state index contributed by atoms with van der Waals surface area (Å²) in [6.45, 7) is 9.84. The quantitative estimate of drug-likeness (QED) is 0.818. The molecular formula is C21H31NO. The molecule has 126 valence electrons. The highest BCUT2D eigenvalue weighted by atomic mass is 16.1. The van der Waals surface area contributed by atoms with Crippen LogP contribution in [0.2, 0.25) is 0 Å². The van der Waals surface area contributed by atoms with Crippen molar-refractivity contribution in [2.45, 2.75) is 71.8 Å². The normalized spacial score (nSPS) is 45.2. The Morgan fingerprint density at radius 3 is 2.78 bits per heavy atom. The molecule has 4 aliphatic rings. The van der Waals surface area contributed by atoms with E-state index in [0.717, 1.165) is 19.4 Å². The molecule has 1 unspecified atom stereocenters. The molecule has 4 bridgehead atoms. The lowest BCUT2D eigenvalue weighted by molar-refractivity contribution is -0.156. The molecule has 1 aliphatic heterocycles. The average molecular weight is 313 g/mol. The van der Waals surface area contributed by atoms with Gasteiger partial charge in [0.25, 0.3) is 0 Å². The van der Waals surface area contributed by atoms with E-state index in [1.165, 1.54) is 31.3 Å². The Morgan fingerprint density at radius 1 is 1.30 bits per heavy atom. The zero-order chi connectivity index (χ0) is 16.5. The second-order valence-corrected chi connectivity index (χ2v) is 9.06. The fourth-order valence-electron chi connectivity index (χ4n) is 6.60. The van der Waals surface area contributed by atoms with Crippen LogP contribution >= 0.6 is 0 Å². The van der Waals surface area contributed by atoms with Crippen LogP contribution in [0, 0.1) is 22.7 Å². The number of ketones is 1. The zero-order valence-electron chi connectivity index (χ0n) is 15.2. The molecule has 0 aromatic carbocycles. The molecule has 1 heterocycles. The summed E-state index contributed by atoms with van der Waals surface area (Å²) in [6.07, 6.45) is 12.0. The van der Waals surface area contributed by atoms with Crippen LogP contribution in [0.3, 0.4) is 0 Å². The van der Waals surface area contributed by atoms with Crippen molar-refractivity contribution in [2.24, 2.45) is 22.7 Å². The molecule has 2 nitrogen and oxygen atoms in total. The largest absolute Gasteiger partial charge is 0.306 e. The van der Waals surface area contributed by atoms with Crippen molar-refractivity contribution in [3.63, 3.8) is 0 Å². The van der Waals surface area contributed by atoms with E-state index in [9.17, 15) is 4.79 Å². The number of hydrogen-bond acceptors (Lipinski definition) is 2. The standard InChI is InChI=1S/C21H31NO/c1-14(2)16-8-11-21-17(12-16)6-7-18-19(21,4)9-5-10-20(18,13-22-21)15(3)23/h6,12,14,18,22H,5,7-11,13H2,1-4H3/t18?,19-,20-,21-/m0/s1. The highest BCUT2D eigenvalue weighted by molar-refractivity contribution is 5.84. The van der Waals surface area contributed by atoms with Crippen molar-refractivity contribution in [3.05, 3.63) is 23.3 Å². The Bertz CT molecular complexity index is 615. The monoisotopic (exact) mass is 313 g/mol. The molecule has 4 rings (SSSR count). The van der Waals surface area contributed by atoms with E-state index in [-0.39, 0.29) is 16.4 Å². The van der Waals surface area contributed by atoms with Gasteiger partial charge in [-0.05, 0) is 61.9 Å². The van der Waals surface area contributed by atoms with E-state index >= 15 is 0 Å². The smallest absolute Gasteiger partial charge is 0.137 e. The maximum atomic E-state index is 12.6. The number of carbonyl (C=O) groups is 1. The number of piperidine rings is 1. The molecule has 1 N–H and O–H groups in total. The lowest BCUT2D eigenvalue weighted by Crippen LogP contribution is -2.74.